The molecular weight excluding hydrogens is 348 g/mol. The first-order valence-electron chi connectivity index (χ1n) is 10.6. The molecule has 0 heterocycles. The summed E-state index contributed by atoms with van der Waals surface area (Å²) in [7, 11) is 0. The molecular formula is C29H30. The highest BCUT2D eigenvalue weighted by Gasteiger charge is 2.15. The lowest BCUT2D eigenvalue weighted by atomic mass is 9.85. The van der Waals surface area contributed by atoms with Gasteiger partial charge in [0, 0.05) is 0 Å². The zero-order valence-corrected chi connectivity index (χ0v) is 17.7. The van der Waals surface area contributed by atoms with Crippen molar-refractivity contribution in [2.75, 3.05) is 0 Å². The third-order valence-electron chi connectivity index (χ3n) is 4.84. The lowest BCUT2D eigenvalue weighted by molar-refractivity contribution is 1.09. The van der Waals surface area contributed by atoms with Gasteiger partial charge in [0.15, 0.2) is 0 Å². The van der Waals surface area contributed by atoms with Crippen LogP contribution in [0, 0.1) is 0 Å². The maximum atomic E-state index is 2.35. The number of hydrogen-bond acceptors (Lipinski definition) is 0. The summed E-state index contributed by atoms with van der Waals surface area (Å²) >= 11 is 0. The molecule has 0 nitrogen and oxygen atoms in total. The second-order valence-corrected chi connectivity index (χ2v) is 7.22. The van der Waals surface area contributed by atoms with Gasteiger partial charge in [-0.25, -0.2) is 0 Å². The molecule has 4 aromatic rings. The molecule has 146 valence electrons. The van der Waals surface area contributed by atoms with E-state index in [1.165, 1.54) is 45.4 Å². The summed E-state index contributed by atoms with van der Waals surface area (Å²) < 4.78 is 0. The Kier molecular flexibility index (Phi) is 7.41. The molecule has 0 unspecified atom stereocenters. The number of hydrogen-bond donors (Lipinski definition) is 0. The lowest BCUT2D eigenvalue weighted by Gasteiger charge is -2.18. The highest BCUT2D eigenvalue weighted by atomic mass is 14.2. The van der Waals surface area contributed by atoms with E-state index in [1.54, 1.807) is 0 Å². The molecule has 0 amide bonds. The van der Waals surface area contributed by atoms with Crippen molar-refractivity contribution in [3.8, 4) is 33.4 Å². The van der Waals surface area contributed by atoms with Crippen molar-refractivity contribution in [1.29, 1.82) is 0 Å². The van der Waals surface area contributed by atoms with Crippen LogP contribution in [-0.4, -0.2) is 0 Å². The third kappa shape index (κ3) is 5.03. The van der Waals surface area contributed by atoms with E-state index in [0.717, 1.165) is 6.42 Å². The molecule has 0 aromatic heterocycles. The molecule has 0 bridgehead atoms. The SMILES string of the molecule is CCC.CCc1cc(-c2ccccc2)c(-c2ccccc2)c(-c2ccccc2)c1. The van der Waals surface area contributed by atoms with Crippen molar-refractivity contribution in [2.24, 2.45) is 0 Å². The van der Waals surface area contributed by atoms with Crippen LogP contribution in [-0.2, 0) is 6.42 Å². The van der Waals surface area contributed by atoms with E-state index in [4.69, 9.17) is 0 Å². The smallest absolute Gasteiger partial charge is 0.00266 e. The van der Waals surface area contributed by atoms with Gasteiger partial charge in [0.25, 0.3) is 0 Å². The molecule has 0 heteroatoms. The molecule has 0 spiro atoms. The molecule has 0 aliphatic rings. The largest absolute Gasteiger partial charge is 0.0656 e. The van der Waals surface area contributed by atoms with Crippen molar-refractivity contribution < 1.29 is 0 Å². The third-order valence-corrected chi connectivity index (χ3v) is 4.84. The summed E-state index contributed by atoms with van der Waals surface area (Å²) in [5.74, 6) is 0. The van der Waals surface area contributed by atoms with Crippen LogP contribution in [0.3, 0.4) is 0 Å². The zero-order chi connectivity index (χ0) is 20.5. The number of aryl methyl sites for hydroxylation is 1. The highest BCUT2D eigenvalue weighted by molar-refractivity contribution is 5.95. The zero-order valence-electron chi connectivity index (χ0n) is 17.7. The summed E-state index contributed by atoms with van der Waals surface area (Å²) in [5.41, 5.74) is 9.05. The summed E-state index contributed by atoms with van der Waals surface area (Å²) in [4.78, 5) is 0. The van der Waals surface area contributed by atoms with Crippen molar-refractivity contribution in [1.82, 2.24) is 0 Å². The fraction of sp³-hybridized carbons (Fsp3) is 0.172. The lowest BCUT2D eigenvalue weighted by Crippen LogP contribution is -1.94. The van der Waals surface area contributed by atoms with E-state index in [-0.39, 0.29) is 0 Å². The van der Waals surface area contributed by atoms with Gasteiger partial charge < -0.3 is 0 Å². The molecule has 0 aliphatic heterocycles. The molecule has 0 aliphatic carbocycles. The predicted octanol–water partition coefficient (Wildman–Crippen LogP) is 8.67. The monoisotopic (exact) mass is 378 g/mol. The van der Waals surface area contributed by atoms with Crippen molar-refractivity contribution in [3.63, 3.8) is 0 Å². The predicted molar refractivity (Wildman–Crippen MR) is 128 cm³/mol. The van der Waals surface area contributed by atoms with Crippen LogP contribution in [0.5, 0.6) is 0 Å². The average molecular weight is 379 g/mol. The standard InChI is InChI=1S/C26H22.C3H8/c1-2-20-18-24(21-12-6-3-7-13-21)26(23-16-10-5-11-17-23)25(19-20)22-14-8-4-9-15-22;1-3-2/h3-19H,2H2,1H3;3H2,1-2H3. The Morgan fingerprint density at radius 2 is 0.828 bits per heavy atom. The van der Waals surface area contributed by atoms with E-state index in [2.05, 4.69) is 124 Å². The van der Waals surface area contributed by atoms with Gasteiger partial charge in [-0.1, -0.05) is 130 Å². The summed E-state index contributed by atoms with van der Waals surface area (Å²) in [6, 6.07) is 36.9. The Labute approximate surface area is 175 Å². The fourth-order valence-electron chi connectivity index (χ4n) is 3.51. The van der Waals surface area contributed by atoms with E-state index in [1.807, 2.05) is 0 Å². The van der Waals surface area contributed by atoms with Crippen LogP contribution in [0.15, 0.2) is 103 Å². The first kappa shape index (κ1) is 20.6. The number of rotatable bonds is 4. The van der Waals surface area contributed by atoms with E-state index < -0.39 is 0 Å². The Morgan fingerprint density at radius 3 is 1.17 bits per heavy atom. The first-order valence-corrected chi connectivity index (χ1v) is 10.6. The molecule has 0 saturated carbocycles. The molecule has 0 fully saturated rings. The van der Waals surface area contributed by atoms with Gasteiger partial charge in [-0.3, -0.25) is 0 Å². The summed E-state index contributed by atoms with van der Waals surface area (Å²) in [6.07, 6.45) is 2.27. The molecule has 0 atom stereocenters. The number of benzene rings is 4. The van der Waals surface area contributed by atoms with Crippen LogP contribution in [0.4, 0.5) is 0 Å². The van der Waals surface area contributed by atoms with Crippen LogP contribution in [0.2, 0.25) is 0 Å². The van der Waals surface area contributed by atoms with Crippen molar-refractivity contribution in [2.45, 2.75) is 33.6 Å². The quantitative estimate of drug-likeness (QED) is 0.333. The molecule has 29 heavy (non-hydrogen) atoms. The first-order chi connectivity index (χ1) is 14.3. The summed E-state index contributed by atoms with van der Waals surface area (Å²) in [5, 5.41) is 0. The molecule has 0 N–H and O–H groups in total. The van der Waals surface area contributed by atoms with Crippen molar-refractivity contribution >= 4 is 0 Å². The van der Waals surface area contributed by atoms with Gasteiger partial charge in [0.2, 0.25) is 0 Å². The minimum Gasteiger partial charge on any atom is -0.0656 e. The van der Waals surface area contributed by atoms with Gasteiger partial charge in [0.05, 0.1) is 0 Å². The minimum absolute atomic E-state index is 1.02. The van der Waals surface area contributed by atoms with Crippen LogP contribution < -0.4 is 0 Å². The van der Waals surface area contributed by atoms with Gasteiger partial charge in [-0.15, -0.1) is 0 Å². The normalized spacial score (nSPS) is 10.2. The van der Waals surface area contributed by atoms with E-state index in [0.29, 0.717) is 0 Å². The Morgan fingerprint density at radius 1 is 0.483 bits per heavy atom. The van der Waals surface area contributed by atoms with Crippen molar-refractivity contribution in [3.05, 3.63) is 109 Å². The van der Waals surface area contributed by atoms with Gasteiger partial charge in [-0.2, -0.15) is 0 Å². The Balaban J connectivity index is 0.000000755. The Bertz CT molecular complexity index is 939. The van der Waals surface area contributed by atoms with Crippen LogP contribution in [0.1, 0.15) is 32.8 Å². The highest BCUT2D eigenvalue weighted by Crippen LogP contribution is 2.41. The summed E-state index contributed by atoms with van der Waals surface area (Å²) in [6.45, 7) is 6.47. The van der Waals surface area contributed by atoms with Crippen LogP contribution >= 0.6 is 0 Å². The molecule has 4 aromatic carbocycles. The van der Waals surface area contributed by atoms with Gasteiger partial charge >= 0.3 is 0 Å². The second-order valence-electron chi connectivity index (χ2n) is 7.22. The topological polar surface area (TPSA) is 0 Å². The van der Waals surface area contributed by atoms with Gasteiger partial charge in [0.1, 0.15) is 0 Å². The van der Waals surface area contributed by atoms with E-state index >= 15 is 0 Å². The fourth-order valence-corrected chi connectivity index (χ4v) is 3.51. The van der Waals surface area contributed by atoms with E-state index in [9.17, 15) is 0 Å². The maximum Gasteiger partial charge on any atom is -0.00266 e. The molecule has 0 radical (unpaired) electrons. The maximum absolute atomic E-state index is 2.35. The second kappa shape index (κ2) is 10.4. The Hall–Kier alpha value is -3.12. The minimum atomic E-state index is 1.02. The average Bonchev–Trinajstić information content (AvgIpc) is 2.80. The molecule has 0 saturated heterocycles. The van der Waals surface area contributed by atoms with Gasteiger partial charge in [-0.05, 0) is 45.4 Å². The van der Waals surface area contributed by atoms with Crippen LogP contribution in [0.25, 0.3) is 33.4 Å². The molecule has 4 rings (SSSR count).